The fourth-order valence-corrected chi connectivity index (χ4v) is 5.48. The number of hydrogen-bond donors (Lipinski definition) is 3. The van der Waals surface area contributed by atoms with Gasteiger partial charge in [-0.3, -0.25) is 4.79 Å². The lowest BCUT2D eigenvalue weighted by Gasteiger charge is -2.23. The minimum atomic E-state index is -4.64. The number of phenolic OH excluding ortho intramolecular Hbond substituents is 1. The van der Waals surface area contributed by atoms with Gasteiger partial charge in [0.25, 0.3) is 5.91 Å². The molecule has 0 aliphatic rings. The maximum atomic E-state index is 13.2. The van der Waals surface area contributed by atoms with Crippen LogP contribution in [0.4, 0.5) is 18.9 Å². The molecule has 0 aromatic heterocycles. The summed E-state index contributed by atoms with van der Waals surface area (Å²) in [5.74, 6) is -2.14. The molecule has 3 rings (SSSR count). The van der Waals surface area contributed by atoms with Crippen LogP contribution in [0, 0.1) is 6.92 Å². The van der Waals surface area contributed by atoms with E-state index in [1.807, 2.05) is 0 Å². The maximum Gasteiger partial charge on any atom is 0.416 e. The normalized spacial score (nSPS) is 13.8. The van der Waals surface area contributed by atoms with Gasteiger partial charge in [-0.25, -0.2) is 8.42 Å². The van der Waals surface area contributed by atoms with Crippen LogP contribution in [0.5, 0.6) is 5.75 Å². The molecule has 0 radical (unpaired) electrons. The van der Waals surface area contributed by atoms with Crippen molar-refractivity contribution in [3.63, 3.8) is 0 Å². The molecule has 0 heterocycles. The number of nitrogens with one attached hydrogen (secondary N) is 1. The predicted molar refractivity (Wildman–Crippen MR) is 125 cm³/mol. The number of anilines is 1. The van der Waals surface area contributed by atoms with Gasteiger partial charge in [0.2, 0.25) is 0 Å². The van der Waals surface area contributed by atoms with Crippen LogP contribution in [0.25, 0.3) is 0 Å². The summed E-state index contributed by atoms with van der Waals surface area (Å²) in [5.41, 5.74) is -2.63. The molecule has 1 amide bonds. The van der Waals surface area contributed by atoms with Gasteiger partial charge in [-0.05, 0) is 67.3 Å². The van der Waals surface area contributed by atoms with Crippen molar-refractivity contribution in [2.75, 3.05) is 11.1 Å². The monoisotopic (exact) mass is 507 g/mol. The molecule has 1 unspecified atom stereocenters. The molecule has 35 heavy (non-hydrogen) atoms. The van der Waals surface area contributed by atoms with E-state index in [-0.39, 0.29) is 28.3 Å². The molecular weight excluding hydrogens is 483 g/mol. The lowest BCUT2D eigenvalue weighted by molar-refractivity contribution is -0.138. The van der Waals surface area contributed by atoms with Gasteiger partial charge in [-0.1, -0.05) is 36.4 Å². The number of hydrogen-bond acceptors (Lipinski definition) is 5. The van der Waals surface area contributed by atoms with Crippen LogP contribution in [-0.2, 0) is 27.2 Å². The Balaban J connectivity index is 1.84. The lowest BCUT2D eigenvalue weighted by atomic mass is 10.0. The summed E-state index contributed by atoms with van der Waals surface area (Å²) in [6.45, 7) is 2.25. The fourth-order valence-electron chi connectivity index (χ4n) is 3.62. The molecule has 186 valence electrons. The number of carbonyl (C=O) groups is 1. The van der Waals surface area contributed by atoms with Crippen molar-refractivity contribution < 1.29 is 36.6 Å². The number of benzene rings is 3. The van der Waals surface area contributed by atoms with Crippen LogP contribution in [0.3, 0.4) is 0 Å². The second kappa shape index (κ2) is 9.71. The molecule has 0 bridgehead atoms. The van der Waals surface area contributed by atoms with E-state index in [0.717, 1.165) is 13.0 Å². The molecule has 3 aromatic rings. The molecule has 0 aliphatic heterocycles. The summed E-state index contributed by atoms with van der Waals surface area (Å²) >= 11 is 0. The van der Waals surface area contributed by atoms with Gasteiger partial charge in [0, 0.05) is 5.69 Å². The molecular formula is C25H24F3NO5S. The number of alkyl halides is 3. The summed E-state index contributed by atoms with van der Waals surface area (Å²) in [7, 11) is -4.21. The van der Waals surface area contributed by atoms with Gasteiger partial charge in [0.15, 0.2) is 15.4 Å². The molecule has 0 aliphatic carbocycles. The Labute approximate surface area is 201 Å². The Morgan fingerprint density at radius 2 is 1.69 bits per heavy atom. The number of aryl methyl sites for hydroxylation is 1. The average molecular weight is 508 g/mol. The number of aromatic hydroxyl groups is 1. The van der Waals surface area contributed by atoms with Crippen molar-refractivity contribution in [2.24, 2.45) is 0 Å². The standard InChI is InChI=1S/C25H24F3NO5S/c1-16-10-11-19(14-21(16)25(26,27)28)29-23(31)24(2,32)15-35(33,34)22-9-4-3-7-18(22)12-17-6-5-8-20(30)13-17/h3-11,13-14,30,32H,12,15H2,1-2H3,(H,29,31). The van der Waals surface area contributed by atoms with E-state index in [0.29, 0.717) is 11.1 Å². The number of sulfone groups is 1. The van der Waals surface area contributed by atoms with Crippen molar-refractivity contribution >= 4 is 21.4 Å². The van der Waals surface area contributed by atoms with E-state index in [4.69, 9.17) is 0 Å². The van der Waals surface area contributed by atoms with Crippen LogP contribution in [-0.4, -0.2) is 35.9 Å². The molecule has 0 saturated heterocycles. The molecule has 3 aromatic carbocycles. The third-order valence-electron chi connectivity index (χ3n) is 5.37. The Bertz CT molecular complexity index is 1350. The van der Waals surface area contributed by atoms with Crippen molar-refractivity contribution in [2.45, 2.75) is 36.9 Å². The van der Waals surface area contributed by atoms with Gasteiger partial charge in [-0.15, -0.1) is 0 Å². The van der Waals surface area contributed by atoms with E-state index in [9.17, 15) is 36.6 Å². The first-order valence-electron chi connectivity index (χ1n) is 10.5. The molecule has 0 fully saturated rings. The fraction of sp³-hybridized carbons (Fsp3) is 0.240. The zero-order chi connectivity index (χ0) is 26.0. The third-order valence-corrected chi connectivity index (χ3v) is 7.38. The van der Waals surface area contributed by atoms with E-state index in [1.165, 1.54) is 43.3 Å². The highest BCUT2D eigenvalue weighted by Crippen LogP contribution is 2.33. The molecule has 0 saturated carbocycles. The maximum absolute atomic E-state index is 13.2. The first kappa shape index (κ1) is 26.2. The predicted octanol–water partition coefficient (Wildman–Crippen LogP) is 4.47. The quantitative estimate of drug-likeness (QED) is 0.438. The number of aliphatic hydroxyl groups is 1. The van der Waals surface area contributed by atoms with Crippen LogP contribution in [0.15, 0.2) is 71.6 Å². The summed E-state index contributed by atoms with van der Waals surface area (Å²) in [5, 5.41) is 22.5. The molecule has 10 heteroatoms. The van der Waals surface area contributed by atoms with Crippen molar-refractivity contribution in [3.05, 3.63) is 89.0 Å². The molecule has 0 spiro atoms. The number of halogens is 3. The zero-order valence-electron chi connectivity index (χ0n) is 18.9. The number of carbonyl (C=O) groups excluding carboxylic acids is 1. The minimum Gasteiger partial charge on any atom is -0.508 e. The van der Waals surface area contributed by atoms with Gasteiger partial charge >= 0.3 is 6.18 Å². The van der Waals surface area contributed by atoms with E-state index in [2.05, 4.69) is 5.32 Å². The van der Waals surface area contributed by atoms with Crippen LogP contribution in [0.2, 0.25) is 0 Å². The largest absolute Gasteiger partial charge is 0.508 e. The number of phenols is 1. The Kier molecular flexibility index (Phi) is 7.28. The second-order valence-electron chi connectivity index (χ2n) is 8.47. The number of rotatable bonds is 7. The smallest absolute Gasteiger partial charge is 0.416 e. The van der Waals surface area contributed by atoms with Crippen molar-refractivity contribution in [1.29, 1.82) is 0 Å². The van der Waals surface area contributed by atoms with Crippen LogP contribution >= 0.6 is 0 Å². The molecule has 3 N–H and O–H groups in total. The summed E-state index contributed by atoms with van der Waals surface area (Å²) < 4.78 is 65.9. The van der Waals surface area contributed by atoms with Crippen molar-refractivity contribution in [1.82, 2.24) is 0 Å². The van der Waals surface area contributed by atoms with E-state index < -0.39 is 38.8 Å². The van der Waals surface area contributed by atoms with Crippen molar-refractivity contribution in [3.8, 4) is 5.75 Å². The second-order valence-corrected chi connectivity index (χ2v) is 10.4. The highest BCUT2D eigenvalue weighted by atomic mass is 32.2. The SMILES string of the molecule is Cc1ccc(NC(=O)C(C)(O)CS(=O)(=O)c2ccccc2Cc2cccc(O)c2)cc1C(F)(F)F. The van der Waals surface area contributed by atoms with Crippen LogP contribution in [0.1, 0.15) is 29.2 Å². The Morgan fingerprint density at radius 3 is 2.34 bits per heavy atom. The van der Waals surface area contributed by atoms with E-state index >= 15 is 0 Å². The zero-order valence-corrected chi connectivity index (χ0v) is 19.7. The average Bonchev–Trinajstić information content (AvgIpc) is 2.74. The molecule has 6 nitrogen and oxygen atoms in total. The van der Waals surface area contributed by atoms with Gasteiger partial charge in [-0.2, -0.15) is 13.2 Å². The van der Waals surface area contributed by atoms with Gasteiger partial charge in [0.05, 0.1) is 16.2 Å². The topological polar surface area (TPSA) is 104 Å². The summed E-state index contributed by atoms with van der Waals surface area (Å²) in [4.78, 5) is 12.6. The Hall–Kier alpha value is -3.37. The molecule has 1 atom stereocenters. The Morgan fingerprint density at radius 1 is 1.00 bits per heavy atom. The highest BCUT2D eigenvalue weighted by Gasteiger charge is 2.38. The third kappa shape index (κ3) is 6.40. The first-order valence-corrected chi connectivity index (χ1v) is 12.1. The number of amides is 1. The minimum absolute atomic E-state index is 0.0206. The van der Waals surface area contributed by atoms with Gasteiger partial charge < -0.3 is 15.5 Å². The lowest BCUT2D eigenvalue weighted by Crippen LogP contribution is -2.46. The van der Waals surface area contributed by atoms with Gasteiger partial charge in [0.1, 0.15) is 5.75 Å². The van der Waals surface area contributed by atoms with E-state index in [1.54, 1.807) is 24.3 Å². The summed E-state index contributed by atoms with van der Waals surface area (Å²) in [6.07, 6.45) is -4.47. The highest BCUT2D eigenvalue weighted by molar-refractivity contribution is 7.91. The van der Waals surface area contributed by atoms with Crippen LogP contribution < -0.4 is 5.32 Å². The summed E-state index contributed by atoms with van der Waals surface area (Å²) in [6, 6.07) is 15.5. The first-order chi connectivity index (χ1) is 16.2.